The predicted octanol–water partition coefficient (Wildman–Crippen LogP) is 2.13. The molecule has 0 bridgehead atoms. The van der Waals surface area contributed by atoms with Crippen LogP contribution in [0.1, 0.15) is 38.5 Å². The third kappa shape index (κ3) is 3.22. The maximum absolute atomic E-state index is 5.97. The molecule has 96 valence electrons. The molecule has 4 heteroatoms. The Hall–Kier alpha value is -1.03. The van der Waals surface area contributed by atoms with Crippen molar-refractivity contribution in [1.82, 2.24) is 9.78 Å². The molecule has 1 fully saturated rings. The number of anilines is 1. The molecule has 0 saturated heterocycles. The lowest BCUT2D eigenvalue weighted by Gasteiger charge is -2.36. The molecule has 4 nitrogen and oxygen atoms in total. The minimum Gasteiger partial charge on any atom is -0.369 e. The number of aromatic nitrogens is 2. The summed E-state index contributed by atoms with van der Waals surface area (Å²) in [6.45, 7) is 1.81. The standard InChI is InChI=1S/C13H24N4/c1-17-10-5-12(16-17)15-9-8-13(11-14)6-3-2-4-7-13/h5,10H,2-4,6-9,11,14H2,1H3,(H,15,16). The average molecular weight is 236 g/mol. The third-order valence-electron chi connectivity index (χ3n) is 4.02. The van der Waals surface area contributed by atoms with Crippen LogP contribution in [-0.4, -0.2) is 22.9 Å². The van der Waals surface area contributed by atoms with Gasteiger partial charge in [-0.2, -0.15) is 5.10 Å². The maximum atomic E-state index is 5.97. The van der Waals surface area contributed by atoms with E-state index in [-0.39, 0.29) is 0 Å². The van der Waals surface area contributed by atoms with Gasteiger partial charge in [-0.05, 0) is 31.2 Å². The van der Waals surface area contributed by atoms with Crippen molar-refractivity contribution in [3.05, 3.63) is 12.3 Å². The molecule has 1 saturated carbocycles. The molecule has 1 aliphatic rings. The second-order valence-electron chi connectivity index (χ2n) is 5.32. The van der Waals surface area contributed by atoms with Crippen LogP contribution in [0.15, 0.2) is 12.3 Å². The molecule has 1 aromatic rings. The monoisotopic (exact) mass is 236 g/mol. The second-order valence-corrected chi connectivity index (χ2v) is 5.32. The third-order valence-corrected chi connectivity index (χ3v) is 4.02. The van der Waals surface area contributed by atoms with Crippen LogP contribution in [-0.2, 0) is 7.05 Å². The topological polar surface area (TPSA) is 55.9 Å². The van der Waals surface area contributed by atoms with Crippen LogP contribution in [0.5, 0.6) is 0 Å². The van der Waals surface area contributed by atoms with Crippen molar-refractivity contribution in [1.29, 1.82) is 0 Å². The molecule has 1 aliphatic carbocycles. The highest BCUT2D eigenvalue weighted by atomic mass is 15.3. The predicted molar refractivity (Wildman–Crippen MR) is 70.9 cm³/mol. The highest BCUT2D eigenvalue weighted by Crippen LogP contribution is 2.38. The van der Waals surface area contributed by atoms with E-state index in [9.17, 15) is 0 Å². The zero-order valence-electron chi connectivity index (χ0n) is 10.8. The number of hydrogen-bond donors (Lipinski definition) is 2. The van der Waals surface area contributed by atoms with Gasteiger partial charge in [-0.3, -0.25) is 4.68 Å². The number of nitrogens with zero attached hydrogens (tertiary/aromatic N) is 2. The van der Waals surface area contributed by atoms with E-state index in [2.05, 4.69) is 10.4 Å². The Balaban J connectivity index is 1.79. The first-order valence-electron chi connectivity index (χ1n) is 6.68. The summed E-state index contributed by atoms with van der Waals surface area (Å²) in [6, 6.07) is 2.01. The van der Waals surface area contributed by atoms with Gasteiger partial charge < -0.3 is 11.1 Å². The lowest BCUT2D eigenvalue weighted by Crippen LogP contribution is -2.34. The van der Waals surface area contributed by atoms with E-state index in [1.807, 2.05) is 24.0 Å². The lowest BCUT2D eigenvalue weighted by molar-refractivity contribution is 0.188. The van der Waals surface area contributed by atoms with Crippen LogP contribution in [0, 0.1) is 5.41 Å². The van der Waals surface area contributed by atoms with Crippen LogP contribution in [0.25, 0.3) is 0 Å². The maximum Gasteiger partial charge on any atom is 0.147 e. The SMILES string of the molecule is Cn1ccc(NCCC2(CN)CCCCC2)n1. The minimum absolute atomic E-state index is 0.389. The normalized spacial score (nSPS) is 19.2. The van der Waals surface area contributed by atoms with Crippen LogP contribution >= 0.6 is 0 Å². The van der Waals surface area contributed by atoms with Crippen LogP contribution in [0.2, 0.25) is 0 Å². The fraction of sp³-hybridized carbons (Fsp3) is 0.769. The van der Waals surface area contributed by atoms with Crippen LogP contribution in [0.3, 0.4) is 0 Å². The van der Waals surface area contributed by atoms with E-state index >= 15 is 0 Å². The van der Waals surface area contributed by atoms with Crippen molar-refractivity contribution < 1.29 is 0 Å². The number of hydrogen-bond acceptors (Lipinski definition) is 3. The highest BCUT2D eigenvalue weighted by Gasteiger charge is 2.29. The van der Waals surface area contributed by atoms with Crippen molar-refractivity contribution in [3.8, 4) is 0 Å². The van der Waals surface area contributed by atoms with Gasteiger partial charge in [0.05, 0.1) is 0 Å². The van der Waals surface area contributed by atoms with Gasteiger partial charge in [-0.25, -0.2) is 0 Å². The van der Waals surface area contributed by atoms with E-state index < -0.39 is 0 Å². The molecule has 2 rings (SSSR count). The summed E-state index contributed by atoms with van der Waals surface area (Å²) in [5.41, 5.74) is 6.36. The van der Waals surface area contributed by atoms with Crippen molar-refractivity contribution in [2.75, 3.05) is 18.4 Å². The molecular weight excluding hydrogens is 212 g/mol. The van der Waals surface area contributed by atoms with Crippen LogP contribution < -0.4 is 11.1 Å². The summed E-state index contributed by atoms with van der Waals surface area (Å²) in [5.74, 6) is 0.968. The Labute approximate surface area is 104 Å². The van der Waals surface area contributed by atoms with Crippen LogP contribution in [0.4, 0.5) is 5.82 Å². The molecule has 1 heterocycles. The molecule has 0 spiro atoms. The Bertz CT molecular complexity index is 339. The summed E-state index contributed by atoms with van der Waals surface area (Å²) in [6.07, 6.45) is 9.81. The minimum atomic E-state index is 0.389. The molecule has 0 radical (unpaired) electrons. The summed E-state index contributed by atoms with van der Waals surface area (Å²) < 4.78 is 1.82. The largest absolute Gasteiger partial charge is 0.369 e. The van der Waals surface area contributed by atoms with E-state index in [1.165, 1.54) is 38.5 Å². The van der Waals surface area contributed by atoms with Crippen molar-refractivity contribution >= 4 is 5.82 Å². The van der Waals surface area contributed by atoms with E-state index in [1.54, 1.807) is 0 Å². The summed E-state index contributed by atoms with van der Waals surface area (Å²) in [4.78, 5) is 0. The van der Waals surface area contributed by atoms with Crippen molar-refractivity contribution in [3.63, 3.8) is 0 Å². The molecule has 0 atom stereocenters. The first kappa shape index (κ1) is 12.4. The van der Waals surface area contributed by atoms with Gasteiger partial charge in [0, 0.05) is 25.9 Å². The van der Waals surface area contributed by atoms with E-state index in [0.717, 1.165) is 18.9 Å². The number of rotatable bonds is 5. The quantitative estimate of drug-likeness (QED) is 0.823. The zero-order chi connectivity index (χ0) is 12.1. The van der Waals surface area contributed by atoms with E-state index in [4.69, 9.17) is 5.73 Å². The molecule has 0 aliphatic heterocycles. The Kier molecular flexibility index (Phi) is 4.05. The first-order chi connectivity index (χ1) is 8.24. The second kappa shape index (κ2) is 5.54. The molecule has 0 amide bonds. The Morgan fingerprint density at radius 2 is 2.18 bits per heavy atom. The van der Waals surface area contributed by atoms with Gasteiger partial charge in [0.15, 0.2) is 0 Å². The lowest BCUT2D eigenvalue weighted by atomic mass is 9.72. The molecular formula is C13H24N4. The highest BCUT2D eigenvalue weighted by molar-refractivity contribution is 5.31. The first-order valence-corrected chi connectivity index (χ1v) is 6.68. The van der Waals surface area contributed by atoms with Gasteiger partial charge in [-0.15, -0.1) is 0 Å². The Morgan fingerprint density at radius 1 is 1.41 bits per heavy atom. The number of nitrogens with one attached hydrogen (secondary N) is 1. The van der Waals surface area contributed by atoms with Gasteiger partial charge in [0.25, 0.3) is 0 Å². The summed E-state index contributed by atoms with van der Waals surface area (Å²) in [7, 11) is 1.94. The number of aryl methyl sites for hydroxylation is 1. The summed E-state index contributed by atoms with van der Waals surface area (Å²) >= 11 is 0. The van der Waals surface area contributed by atoms with Crippen molar-refractivity contribution in [2.45, 2.75) is 38.5 Å². The molecule has 17 heavy (non-hydrogen) atoms. The van der Waals surface area contributed by atoms with Gasteiger partial charge in [0.2, 0.25) is 0 Å². The molecule has 0 unspecified atom stereocenters. The molecule has 1 aromatic heterocycles. The zero-order valence-corrected chi connectivity index (χ0v) is 10.8. The smallest absolute Gasteiger partial charge is 0.147 e. The molecule has 3 N–H and O–H groups in total. The summed E-state index contributed by atoms with van der Waals surface area (Å²) in [5, 5.41) is 7.70. The van der Waals surface area contributed by atoms with Crippen molar-refractivity contribution in [2.24, 2.45) is 18.2 Å². The number of nitrogens with two attached hydrogens (primary N) is 1. The van der Waals surface area contributed by atoms with Gasteiger partial charge >= 0.3 is 0 Å². The van der Waals surface area contributed by atoms with Gasteiger partial charge in [0.1, 0.15) is 5.82 Å². The van der Waals surface area contributed by atoms with E-state index in [0.29, 0.717) is 5.41 Å². The molecule has 0 aromatic carbocycles. The average Bonchev–Trinajstić information content (AvgIpc) is 2.76. The Morgan fingerprint density at radius 3 is 2.76 bits per heavy atom. The fourth-order valence-electron chi connectivity index (χ4n) is 2.82. The van der Waals surface area contributed by atoms with Gasteiger partial charge in [-0.1, -0.05) is 19.3 Å². The fourth-order valence-corrected chi connectivity index (χ4v) is 2.82.